The van der Waals surface area contributed by atoms with Crippen LogP contribution in [-0.2, 0) is 34.0 Å². The molecule has 0 saturated carbocycles. The highest BCUT2D eigenvalue weighted by atomic mass is 16.5. The van der Waals surface area contributed by atoms with Crippen LogP contribution in [0.5, 0.6) is 0 Å². The largest absolute Gasteiger partial charge is 0.383 e. The number of amides is 2. The number of nitrogen functional groups attached to an aromatic ring is 1. The maximum absolute atomic E-state index is 13.8. The Kier molecular flexibility index (Phi) is 7.65. The van der Waals surface area contributed by atoms with Gasteiger partial charge in [-0.3, -0.25) is 28.8 Å². The number of methoxy groups -OCH3 is 1. The molecular weight excluding hydrogens is 462 g/mol. The number of carbonyl (C=O) groups excluding carboxylic acids is 2. The van der Waals surface area contributed by atoms with E-state index in [-0.39, 0.29) is 50.1 Å². The summed E-state index contributed by atoms with van der Waals surface area (Å²) in [7, 11) is 1.48. The van der Waals surface area contributed by atoms with Crippen LogP contribution < -0.4 is 21.9 Å². The van der Waals surface area contributed by atoms with Crippen molar-refractivity contribution in [3.05, 3.63) is 92.6 Å². The summed E-state index contributed by atoms with van der Waals surface area (Å²) in [6.07, 6.45) is 0.0259. The first kappa shape index (κ1) is 24.9. The van der Waals surface area contributed by atoms with Crippen molar-refractivity contribution in [2.24, 2.45) is 5.92 Å². The molecule has 0 spiro atoms. The van der Waals surface area contributed by atoms with E-state index in [4.69, 9.17) is 10.5 Å². The molecule has 10 heteroatoms. The van der Waals surface area contributed by atoms with Crippen molar-refractivity contribution in [3.8, 4) is 0 Å². The molecule has 2 amide bonds. The van der Waals surface area contributed by atoms with E-state index in [9.17, 15) is 19.2 Å². The standard InChI is InChI=1S/C26H29N5O5/c1-36-13-12-30-23(27)22(24(33)28-26(30)35)31(16-19-10-6-3-7-11-19)25(34)20-14-21(32)29(17-20)15-18-8-4-2-5-9-18/h2-11,20H,12-17,27H2,1H3,(H,28,33,35). The SMILES string of the molecule is COCCn1c(N)c(N(Cc2ccccc2)C(=O)C2CC(=O)N(Cc3ccccc3)C2)c(=O)[nH]c1=O. The second kappa shape index (κ2) is 11.0. The number of hydrogen-bond acceptors (Lipinski definition) is 6. The second-order valence-electron chi connectivity index (χ2n) is 8.71. The van der Waals surface area contributed by atoms with Gasteiger partial charge in [0.2, 0.25) is 11.8 Å². The Bertz CT molecular complexity index is 1340. The van der Waals surface area contributed by atoms with Crippen LogP contribution in [0.4, 0.5) is 11.5 Å². The molecule has 2 heterocycles. The summed E-state index contributed by atoms with van der Waals surface area (Å²) in [6, 6.07) is 18.7. The van der Waals surface area contributed by atoms with Gasteiger partial charge in [-0.1, -0.05) is 60.7 Å². The Hall–Kier alpha value is -4.18. The Morgan fingerprint density at radius 1 is 1.06 bits per heavy atom. The van der Waals surface area contributed by atoms with Gasteiger partial charge in [-0.05, 0) is 11.1 Å². The van der Waals surface area contributed by atoms with E-state index >= 15 is 0 Å². The number of carbonyl (C=O) groups is 2. The first-order valence-electron chi connectivity index (χ1n) is 11.7. The topological polar surface area (TPSA) is 131 Å². The van der Waals surface area contributed by atoms with Gasteiger partial charge in [-0.15, -0.1) is 0 Å². The normalized spacial score (nSPS) is 15.3. The molecule has 2 aromatic carbocycles. The number of benzene rings is 2. The molecular formula is C26H29N5O5. The molecule has 1 fully saturated rings. The number of aromatic nitrogens is 2. The minimum absolute atomic E-state index is 0.0259. The van der Waals surface area contributed by atoms with Crippen LogP contribution in [0.1, 0.15) is 17.5 Å². The average Bonchev–Trinajstić information content (AvgIpc) is 3.24. The van der Waals surface area contributed by atoms with Crippen LogP contribution in [0.2, 0.25) is 0 Å². The zero-order chi connectivity index (χ0) is 25.7. The van der Waals surface area contributed by atoms with E-state index in [0.717, 1.165) is 11.1 Å². The molecule has 188 valence electrons. The van der Waals surface area contributed by atoms with Crippen molar-refractivity contribution in [2.45, 2.75) is 26.1 Å². The number of anilines is 2. The molecule has 3 aromatic rings. The van der Waals surface area contributed by atoms with Crippen molar-refractivity contribution >= 4 is 23.3 Å². The van der Waals surface area contributed by atoms with E-state index in [1.807, 2.05) is 60.7 Å². The summed E-state index contributed by atoms with van der Waals surface area (Å²) in [4.78, 5) is 57.2. The molecule has 0 aliphatic carbocycles. The van der Waals surface area contributed by atoms with E-state index < -0.39 is 23.1 Å². The van der Waals surface area contributed by atoms with Gasteiger partial charge in [0.05, 0.1) is 25.6 Å². The monoisotopic (exact) mass is 491 g/mol. The van der Waals surface area contributed by atoms with Gasteiger partial charge in [-0.2, -0.15) is 0 Å². The van der Waals surface area contributed by atoms with Gasteiger partial charge in [0.1, 0.15) is 5.82 Å². The van der Waals surface area contributed by atoms with Crippen molar-refractivity contribution in [3.63, 3.8) is 0 Å². The lowest BCUT2D eigenvalue weighted by Gasteiger charge is -2.27. The van der Waals surface area contributed by atoms with Crippen LogP contribution in [0, 0.1) is 5.92 Å². The summed E-state index contributed by atoms with van der Waals surface area (Å²) < 4.78 is 6.23. The van der Waals surface area contributed by atoms with Crippen molar-refractivity contribution in [1.82, 2.24) is 14.5 Å². The Morgan fingerprint density at radius 2 is 1.69 bits per heavy atom. The number of nitrogens with two attached hydrogens (primary N) is 1. The highest BCUT2D eigenvalue weighted by molar-refractivity contribution is 6.00. The van der Waals surface area contributed by atoms with Crippen LogP contribution in [-0.4, -0.2) is 46.5 Å². The number of rotatable bonds is 9. The number of H-pyrrole nitrogens is 1. The lowest BCUT2D eigenvalue weighted by atomic mass is 10.1. The van der Waals surface area contributed by atoms with Crippen molar-refractivity contribution in [1.29, 1.82) is 0 Å². The van der Waals surface area contributed by atoms with Gasteiger partial charge in [0.15, 0.2) is 5.69 Å². The van der Waals surface area contributed by atoms with Crippen LogP contribution in [0.25, 0.3) is 0 Å². The highest BCUT2D eigenvalue weighted by Crippen LogP contribution is 2.27. The van der Waals surface area contributed by atoms with Gasteiger partial charge in [0.25, 0.3) is 5.56 Å². The van der Waals surface area contributed by atoms with E-state index in [0.29, 0.717) is 6.54 Å². The minimum atomic E-state index is -0.763. The maximum atomic E-state index is 13.8. The third-order valence-electron chi connectivity index (χ3n) is 6.23. The summed E-state index contributed by atoms with van der Waals surface area (Å²) >= 11 is 0. The summed E-state index contributed by atoms with van der Waals surface area (Å²) in [5.74, 6) is -1.33. The smallest absolute Gasteiger partial charge is 0.330 e. The molecule has 1 unspecified atom stereocenters. The fraction of sp³-hybridized carbons (Fsp3) is 0.308. The number of nitrogens with one attached hydrogen (secondary N) is 1. The highest BCUT2D eigenvalue weighted by Gasteiger charge is 2.38. The maximum Gasteiger partial charge on any atom is 0.330 e. The molecule has 10 nitrogen and oxygen atoms in total. The average molecular weight is 492 g/mol. The van der Waals surface area contributed by atoms with Crippen molar-refractivity contribution < 1.29 is 14.3 Å². The van der Waals surface area contributed by atoms with E-state index in [1.54, 1.807) is 4.90 Å². The third-order valence-corrected chi connectivity index (χ3v) is 6.23. The predicted molar refractivity (Wildman–Crippen MR) is 135 cm³/mol. The molecule has 4 rings (SSSR count). The molecule has 1 aliphatic heterocycles. The Morgan fingerprint density at radius 3 is 2.33 bits per heavy atom. The molecule has 0 radical (unpaired) electrons. The van der Waals surface area contributed by atoms with Gasteiger partial charge in [-0.25, -0.2) is 4.79 Å². The van der Waals surface area contributed by atoms with E-state index in [1.165, 1.54) is 16.6 Å². The Balaban J connectivity index is 1.68. The lowest BCUT2D eigenvalue weighted by molar-refractivity contribution is -0.128. The first-order chi connectivity index (χ1) is 17.4. The number of ether oxygens (including phenoxy) is 1. The Labute approximate surface area is 207 Å². The second-order valence-corrected chi connectivity index (χ2v) is 8.71. The number of hydrogen-bond donors (Lipinski definition) is 2. The summed E-state index contributed by atoms with van der Waals surface area (Å²) in [6.45, 7) is 0.962. The molecule has 3 N–H and O–H groups in total. The van der Waals surface area contributed by atoms with Crippen LogP contribution in [0.15, 0.2) is 70.3 Å². The third kappa shape index (κ3) is 5.38. The quantitative estimate of drug-likeness (QED) is 0.465. The van der Waals surface area contributed by atoms with Gasteiger partial charge < -0.3 is 15.4 Å². The molecule has 36 heavy (non-hydrogen) atoms. The lowest BCUT2D eigenvalue weighted by Crippen LogP contribution is -2.43. The zero-order valence-corrected chi connectivity index (χ0v) is 20.1. The molecule has 1 atom stereocenters. The summed E-state index contributed by atoms with van der Waals surface area (Å²) in [5.41, 5.74) is 6.46. The molecule has 0 bridgehead atoms. The van der Waals surface area contributed by atoms with Gasteiger partial charge in [0, 0.05) is 26.6 Å². The zero-order valence-electron chi connectivity index (χ0n) is 20.1. The number of likely N-dealkylation sites (tertiary alicyclic amines) is 1. The van der Waals surface area contributed by atoms with Crippen molar-refractivity contribution in [2.75, 3.05) is 30.9 Å². The first-order valence-corrected chi connectivity index (χ1v) is 11.7. The minimum Gasteiger partial charge on any atom is -0.383 e. The number of nitrogens with zero attached hydrogens (tertiary/aromatic N) is 3. The molecule has 1 aromatic heterocycles. The molecule has 1 aliphatic rings. The van der Waals surface area contributed by atoms with E-state index in [2.05, 4.69) is 4.98 Å². The fourth-order valence-electron chi connectivity index (χ4n) is 4.39. The molecule has 1 saturated heterocycles. The van der Waals surface area contributed by atoms with Crippen LogP contribution in [0.3, 0.4) is 0 Å². The predicted octanol–water partition coefficient (Wildman–Crippen LogP) is 1.35. The fourth-order valence-corrected chi connectivity index (χ4v) is 4.39. The number of aromatic amines is 1. The van der Waals surface area contributed by atoms with Crippen LogP contribution >= 0.6 is 0 Å². The summed E-state index contributed by atoms with van der Waals surface area (Å²) in [5, 5.41) is 0. The van der Waals surface area contributed by atoms with Gasteiger partial charge >= 0.3 is 5.69 Å².